The van der Waals surface area contributed by atoms with Crippen LogP contribution >= 0.6 is 0 Å². The first-order valence-corrected chi connectivity index (χ1v) is 4.31. The molecule has 1 rings (SSSR count). The summed E-state index contributed by atoms with van der Waals surface area (Å²) in [6.45, 7) is 3.84. The van der Waals surface area contributed by atoms with Crippen LogP contribution in [0.25, 0.3) is 0 Å². The van der Waals surface area contributed by atoms with E-state index in [2.05, 4.69) is 4.98 Å². The predicted molar refractivity (Wildman–Crippen MR) is 50.4 cm³/mol. The molecule has 1 unspecified atom stereocenters. The van der Waals surface area contributed by atoms with Crippen molar-refractivity contribution in [3.63, 3.8) is 0 Å². The topological polar surface area (TPSA) is 60.9 Å². The molecule has 1 aromatic rings. The van der Waals surface area contributed by atoms with Crippen LogP contribution in [0.3, 0.4) is 0 Å². The highest BCUT2D eigenvalue weighted by atomic mass is 16.1. The van der Waals surface area contributed by atoms with Gasteiger partial charge in [-0.2, -0.15) is 0 Å². The summed E-state index contributed by atoms with van der Waals surface area (Å²) in [6, 6.07) is -0.457. The van der Waals surface area contributed by atoms with Gasteiger partial charge in [-0.05, 0) is 5.92 Å². The van der Waals surface area contributed by atoms with E-state index < -0.39 is 6.04 Å². The molecule has 13 heavy (non-hydrogen) atoms. The van der Waals surface area contributed by atoms with Crippen LogP contribution in [0.15, 0.2) is 12.4 Å². The molecule has 0 spiro atoms. The van der Waals surface area contributed by atoms with E-state index in [1.807, 2.05) is 13.8 Å². The van der Waals surface area contributed by atoms with Crippen LogP contribution in [0.1, 0.15) is 24.5 Å². The van der Waals surface area contributed by atoms with Crippen molar-refractivity contribution >= 4 is 5.78 Å². The number of hydrogen-bond acceptors (Lipinski definition) is 3. The Balaban J connectivity index is 2.86. The molecule has 0 amide bonds. The van der Waals surface area contributed by atoms with E-state index in [1.165, 1.54) is 0 Å². The Morgan fingerprint density at radius 1 is 1.62 bits per heavy atom. The first kappa shape index (κ1) is 9.92. The molecule has 4 heteroatoms. The fourth-order valence-electron chi connectivity index (χ4n) is 1.05. The van der Waals surface area contributed by atoms with Crippen molar-refractivity contribution in [1.29, 1.82) is 0 Å². The molecule has 0 radical (unpaired) electrons. The number of hydrogen-bond donors (Lipinski definition) is 1. The van der Waals surface area contributed by atoms with E-state index in [9.17, 15) is 4.79 Å². The molecule has 1 heterocycles. The molecule has 0 fully saturated rings. The van der Waals surface area contributed by atoms with Crippen molar-refractivity contribution in [3.8, 4) is 0 Å². The zero-order chi connectivity index (χ0) is 10.0. The van der Waals surface area contributed by atoms with Gasteiger partial charge in [0.15, 0.2) is 5.82 Å². The van der Waals surface area contributed by atoms with Gasteiger partial charge in [-0.1, -0.05) is 13.8 Å². The van der Waals surface area contributed by atoms with Crippen molar-refractivity contribution < 1.29 is 4.79 Å². The summed E-state index contributed by atoms with van der Waals surface area (Å²) < 4.78 is 1.69. The average Bonchev–Trinajstić information content (AvgIpc) is 2.48. The largest absolute Gasteiger partial charge is 0.332 e. The van der Waals surface area contributed by atoms with Crippen LogP contribution in [-0.4, -0.2) is 21.4 Å². The first-order chi connectivity index (χ1) is 6.04. The lowest BCUT2D eigenvalue weighted by molar-refractivity contribution is 0.0927. The Bertz CT molecular complexity index is 304. The summed E-state index contributed by atoms with van der Waals surface area (Å²) in [4.78, 5) is 15.6. The number of aryl methyl sites for hydroxylation is 1. The molecular weight excluding hydrogens is 166 g/mol. The van der Waals surface area contributed by atoms with E-state index in [0.29, 0.717) is 5.82 Å². The van der Waals surface area contributed by atoms with Gasteiger partial charge in [0.05, 0.1) is 6.04 Å². The number of nitrogens with two attached hydrogens (primary N) is 1. The summed E-state index contributed by atoms with van der Waals surface area (Å²) in [6.07, 6.45) is 3.33. The summed E-state index contributed by atoms with van der Waals surface area (Å²) in [7, 11) is 1.78. The smallest absolute Gasteiger partial charge is 0.215 e. The molecule has 4 nitrogen and oxygen atoms in total. The molecule has 2 N–H and O–H groups in total. The van der Waals surface area contributed by atoms with E-state index in [4.69, 9.17) is 5.73 Å². The van der Waals surface area contributed by atoms with Gasteiger partial charge < -0.3 is 10.3 Å². The minimum atomic E-state index is -0.457. The number of imidazole rings is 1. The van der Waals surface area contributed by atoms with Crippen molar-refractivity contribution in [3.05, 3.63) is 18.2 Å². The van der Waals surface area contributed by atoms with Crippen molar-refractivity contribution in [2.45, 2.75) is 19.9 Å². The number of aromatic nitrogens is 2. The van der Waals surface area contributed by atoms with Gasteiger partial charge in [-0.25, -0.2) is 4.98 Å². The molecule has 1 aromatic heterocycles. The normalized spacial score (nSPS) is 13.3. The van der Waals surface area contributed by atoms with Gasteiger partial charge >= 0.3 is 0 Å². The maximum Gasteiger partial charge on any atom is 0.215 e. The molecule has 1 atom stereocenters. The lowest BCUT2D eigenvalue weighted by Gasteiger charge is -2.13. The van der Waals surface area contributed by atoms with Gasteiger partial charge in [0.25, 0.3) is 0 Å². The Morgan fingerprint density at radius 3 is 2.62 bits per heavy atom. The molecule has 0 aliphatic heterocycles. The molecule has 72 valence electrons. The summed E-state index contributed by atoms with van der Waals surface area (Å²) in [5.41, 5.74) is 5.72. The minimum Gasteiger partial charge on any atom is -0.332 e. The quantitative estimate of drug-likeness (QED) is 0.694. The molecule has 0 aliphatic rings. The molecule has 0 saturated heterocycles. The Kier molecular flexibility index (Phi) is 2.83. The number of carbonyl (C=O) groups excluding carboxylic acids is 1. The molecular formula is C9H15N3O. The van der Waals surface area contributed by atoms with Crippen LogP contribution in [0, 0.1) is 5.92 Å². The van der Waals surface area contributed by atoms with E-state index in [0.717, 1.165) is 0 Å². The van der Waals surface area contributed by atoms with E-state index in [-0.39, 0.29) is 11.7 Å². The second-order valence-electron chi connectivity index (χ2n) is 3.50. The van der Waals surface area contributed by atoms with Gasteiger partial charge in [0.2, 0.25) is 5.78 Å². The van der Waals surface area contributed by atoms with Crippen molar-refractivity contribution in [1.82, 2.24) is 9.55 Å². The number of nitrogens with zero attached hydrogens (tertiary/aromatic N) is 2. The highest BCUT2D eigenvalue weighted by Crippen LogP contribution is 2.05. The predicted octanol–water partition coefficient (Wildman–Crippen LogP) is 0.586. The van der Waals surface area contributed by atoms with Crippen LogP contribution < -0.4 is 5.73 Å². The van der Waals surface area contributed by atoms with Crippen LogP contribution in [0.5, 0.6) is 0 Å². The zero-order valence-corrected chi connectivity index (χ0v) is 8.19. The minimum absolute atomic E-state index is 0.0949. The third kappa shape index (κ3) is 1.95. The number of carbonyl (C=O) groups is 1. The maximum atomic E-state index is 11.7. The van der Waals surface area contributed by atoms with Gasteiger partial charge in [0.1, 0.15) is 0 Å². The van der Waals surface area contributed by atoms with E-state index in [1.54, 1.807) is 24.0 Å². The first-order valence-electron chi connectivity index (χ1n) is 4.31. The molecule has 0 aliphatic carbocycles. The Labute approximate surface area is 77.8 Å². The molecule has 0 saturated carbocycles. The average molecular weight is 181 g/mol. The Morgan fingerprint density at radius 2 is 2.23 bits per heavy atom. The lowest BCUT2D eigenvalue weighted by atomic mass is 10.0. The maximum absolute atomic E-state index is 11.7. The van der Waals surface area contributed by atoms with Gasteiger partial charge in [-0.3, -0.25) is 4.79 Å². The standard InChI is InChI=1S/C9H15N3O/c1-6(2)7(10)8(13)9-11-4-5-12(9)3/h4-7H,10H2,1-3H3. The monoisotopic (exact) mass is 181 g/mol. The third-order valence-corrected chi connectivity index (χ3v) is 2.06. The highest BCUT2D eigenvalue weighted by Gasteiger charge is 2.21. The molecule has 0 bridgehead atoms. The van der Waals surface area contributed by atoms with Crippen LogP contribution in [0.4, 0.5) is 0 Å². The fourth-order valence-corrected chi connectivity index (χ4v) is 1.05. The summed E-state index contributed by atoms with van der Waals surface area (Å²) >= 11 is 0. The highest BCUT2D eigenvalue weighted by molar-refractivity contribution is 5.97. The SMILES string of the molecule is CC(C)C(N)C(=O)c1nccn1C. The second-order valence-corrected chi connectivity index (χ2v) is 3.50. The van der Waals surface area contributed by atoms with Crippen LogP contribution in [0.2, 0.25) is 0 Å². The number of ketones is 1. The van der Waals surface area contributed by atoms with E-state index >= 15 is 0 Å². The van der Waals surface area contributed by atoms with Crippen LogP contribution in [-0.2, 0) is 7.05 Å². The second kappa shape index (κ2) is 3.70. The number of Topliss-reactive ketones (excluding diaryl/α,β-unsaturated/α-hetero) is 1. The van der Waals surface area contributed by atoms with Crippen molar-refractivity contribution in [2.75, 3.05) is 0 Å². The zero-order valence-electron chi connectivity index (χ0n) is 8.19. The summed E-state index contributed by atoms with van der Waals surface area (Å²) in [5.74, 6) is 0.480. The van der Waals surface area contributed by atoms with Gasteiger partial charge in [0, 0.05) is 19.4 Å². The lowest BCUT2D eigenvalue weighted by Crippen LogP contribution is -2.36. The third-order valence-electron chi connectivity index (χ3n) is 2.06. The number of rotatable bonds is 3. The van der Waals surface area contributed by atoms with Gasteiger partial charge in [-0.15, -0.1) is 0 Å². The van der Waals surface area contributed by atoms with Crippen molar-refractivity contribution in [2.24, 2.45) is 18.7 Å². The fraction of sp³-hybridized carbons (Fsp3) is 0.556. The Hall–Kier alpha value is -1.16. The molecule has 0 aromatic carbocycles. The summed E-state index contributed by atoms with van der Waals surface area (Å²) in [5, 5.41) is 0.